The largest absolute Gasteiger partial charge is 0.261 e. The number of hydrogen-bond donors (Lipinski definition) is 0. The van der Waals surface area contributed by atoms with E-state index < -0.39 is 0 Å². The van der Waals surface area contributed by atoms with Gasteiger partial charge in [0.2, 0.25) is 0 Å². The lowest BCUT2D eigenvalue weighted by molar-refractivity contribution is 0.582. The number of hydrogen-bond acceptors (Lipinski definition) is 3. The van der Waals surface area contributed by atoms with E-state index in [4.69, 9.17) is 16.7 Å². The second-order valence-electron chi connectivity index (χ2n) is 4.85. The Bertz CT molecular complexity index is 572. The lowest BCUT2D eigenvalue weighted by Gasteiger charge is -2.10. The van der Waals surface area contributed by atoms with Crippen molar-refractivity contribution in [2.24, 2.45) is 7.05 Å². The third-order valence-corrected chi connectivity index (χ3v) is 4.14. The van der Waals surface area contributed by atoms with Crippen molar-refractivity contribution in [2.45, 2.75) is 52.0 Å². The van der Waals surface area contributed by atoms with Crippen molar-refractivity contribution in [1.82, 2.24) is 24.5 Å². The zero-order valence-electron chi connectivity index (χ0n) is 12.6. The maximum absolute atomic E-state index is 6.50. The summed E-state index contributed by atoms with van der Waals surface area (Å²) in [4.78, 5) is 4.27. The number of nitrogens with zero attached hydrogens (tertiary/aromatic N) is 5. The maximum Gasteiger partial charge on any atom is 0.148 e. The molecule has 0 aromatic carbocycles. The molecule has 0 saturated carbocycles. The highest BCUT2D eigenvalue weighted by atomic mass is 35.5. The standard InChI is InChI=1S/C14H22ClN5/c1-5-10(15)14-11(6-2)18-20(12(14)7-3)8-13-16-9-17-19(13)4/h9-10H,5-8H2,1-4H3. The van der Waals surface area contributed by atoms with Gasteiger partial charge in [-0.3, -0.25) is 9.36 Å². The molecule has 0 N–H and O–H groups in total. The van der Waals surface area contributed by atoms with Crippen LogP contribution >= 0.6 is 11.6 Å². The summed E-state index contributed by atoms with van der Waals surface area (Å²) >= 11 is 6.50. The van der Waals surface area contributed by atoms with Crippen molar-refractivity contribution in [2.75, 3.05) is 0 Å². The van der Waals surface area contributed by atoms with E-state index in [0.717, 1.165) is 30.8 Å². The van der Waals surface area contributed by atoms with Crippen molar-refractivity contribution < 1.29 is 0 Å². The molecular weight excluding hydrogens is 274 g/mol. The van der Waals surface area contributed by atoms with Crippen LogP contribution in [0.3, 0.4) is 0 Å². The fraction of sp³-hybridized carbons (Fsp3) is 0.643. The van der Waals surface area contributed by atoms with Gasteiger partial charge in [-0.05, 0) is 19.3 Å². The van der Waals surface area contributed by atoms with Crippen molar-refractivity contribution in [3.8, 4) is 0 Å². The molecule has 0 spiro atoms. The molecule has 0 saturated heterocycles. The van der Waals surface area contributed by atoms with Crippen LogP contribution in [0, 0.1) is 0 Å². The molecule has 20 heavy (non-hydrogen) atoms. The molecule has 0 aliphatic rings. The SMILES string of the molecule is CCc1nn(Cc2ncnn2C)c(CC)c1C(Cl)CC. The van der Waals surface area contributed by atoms with Gasteiger partial charge in [0, 0.05) is 18.3 Å². The minimum atomic E-state index is 0.0353. The number of halogens is 1. The molecule has 2 aromatic heterocycles. The van der Waals surface area contributed by atoms with Crippen LogP contribution in [0.5, 0.6) is 0 Å². The van der Waals surface area contributed by atoms with E-state index in [9.17, 15) is 0 Å². The monoisotopic (exact) mass is 295 g/mol. The van der Waals surface area contributed by atoms with Gasteiger partial charge in [-0.2, -0.15) is 10.2 Å². The molecule has 0 aliphatic heterocycles. The average Bonchev–Trinajstić information content (AvgIpc) is 3.02. The van der Waals surface area contributed by atoms with Gasteiger partial charge in [-0.1, -0.05) is 20.8 Å². The van der Waals surface area contributed by atoms with Gasteiger partial charge in [-0.25, -0.2) is 4.98 Å². The summed E-state index contributed by atoms with van der Waals surface area (Å²) < 4.78 is 3.81. The third-order valence-electron chi connectivity index (χ3n) is 3.61. The summed E-state index contributed by atoms with van der Waals surface area (Å²) in [5.41, 5.74) is 3.53. The molecule has 1 unspecified atom stereocenters. The Morgan fingerprint density at radius 2 is 2.00 bits per heavy atom. The molecule has 0 fully saturated rings. The normalized spacial score (nSPS) is 12.8. The molecule has 0 radical (unpaired) electrons. The van der Waals surface area contributed by atoms with E-state index in [0.29, 0.717) is 6.54 Å². The van der Waals surface area contributed by atoms with Crippen LogP contribution in [-0.4, -0.2) is 24.5 Å². The second kappa shape index (κ2) is 6.39. The van der Waals surface area contributed by atoms with E-state index in [2.05, 4.69) is 30.9 Å². The Labute approximate surface area is 125 Å². The van der Waals surface area contributed by atoms with Gasteiger partial charge < -0.3 is 0 Å². The smallest absolute Gasteiger partial charge is 0.148 e. The zero-order chi connectivity index (χ0) is 14.7. The van der Waals surface area contributed by atoms with Crippen LogP contribution in [0.1, 0.15) is 55.3 Å². The van der Waals surface area contributed by atoms with Crippen molar-refractivity contribution in [3.05, 3.63) is 29.1 Å². The fourth-order valence-corrected chi connectivity index (χ4v) is 2.75. The second-order valence-corrected chi connectivity index (χ2v) is 5.37. The highest BCUT2D eigenvalue weighted by Crippen LogP contribution is 2.31. The highest BCUT2D eigenvalue weighted by molar-refractivity contribution is 6.20. The van der Waals surface area contributed by atoms with Crippen LogP contribution < -0.4 is 0 Å². The first-order valence-electron chi connectivity index (χ1n) is 7.17. The van der Waals surface area contributed by atoms with Crippen LogP contribution in [0.2, 0.25) is 0 Å². The van der Waals surface area contributed by atoms with E-state index >= 15 is 0 Å². The number of aryl methyl sites for hydroxylation is 2. The molecule has 0 aliphatic carbocycles. The fourth-order valence-electron chi connectivity index (χ4n) is 2.49. The van der Waals surface area contributed by atoms with Gasteiger partial charge in [0.05, 0.1) is 11.1 Å². The van der Waals surface area contributed by atoms with E-state index in [1.54, 1.807) is 11.0 Å². The average molecular weight is 296 g/mol. The van der Waals surface area contributed by atoms with E-state index in [1.165, 1.54) is 11.3 Å². The summed E-state index contributed by atoms with van der Waals surface area (Å²) in [5, 5.41) is 8.88. The molecule has 0 bridgehead atoms. The number of aromatic nitrogens is 5. The summed E-state index contributed by atoms with van der Waals surface area (Å²) in [6.45, 7) is 7.01. The summed E-state index contributed by atoms with van der Waals surface area (Å²) in [5.74, 6) is 0.902. The maximum atomic E-state index is 6.50. The van der Waals surface area contributed by atoms with E-state index in [1.807, 2.05) is 11.7 Å². The van der Waals surface area contributed by atoms with E-state index in [-0.39, 0.29) is 5.38 Å². The lowest BCUT2D eigenvalue weighted by Crippen LogP contribution is -2.11. The summed E-state index contributed by atoms with van der Waals surface area (Å²) in [7, 11) is 1.90. The number of rotatable bonds is 6. The Morgan fingerprint density at radius 1 is 1.25 bits per heavy atom. The third kappa shape index (κ3) is 2.73. The predicted octanol–water partition coefficient (Wildman–Crippen LogP) is 2.87. The van der Waals surface area contributed by atoms with Crippen molar-refractivity contribution >= 4 is 11.6 Å². The van der Waals surface area contributed by atoms with Crippen LogP contribution in [-0.2, 0) is 26.4 Å². The Balaban J connectivity index is 2.43. The molecule has 6 heteroatoms. The Kier molecular flexibility index (Phi) is 4.81. The molecule has 2 rings (SSSR count). The first-order valence-corrected chi connectivity index (χ1v) is 7.61. The van der Waals surface area contributed by atoms with Crippen LogP contribution in [0.15, 0.2) is 6.33 Å². The van der Waals surface area contributed by atoms with Crippen molar-refractivity contribution in [3.63, 3.8) is 0 Å². The highest BCUT2D eigenvalue weighted by Gasteiger charge is 2.21. The minimum Gasteiger partial charge on any atom is -0.261 e. The van der Waals surface area contributed by atoms with Gasteiger partial charge >= 0.3 is 0 Å². The first kappa shape index (κ1) is 15.0. The van der Waals surface area contributed by atoms with Crippen molar-refractivity contribution in [1.29, 1.82) is 0 Å². The van der Waals surface area contributed by atoms with Crippen LogP contribution in [0.4, 0.5) is 0 Å². The quantitative estimate of drug-likeness (QED) is 0.770. The molecule has 5 nitrogen and oxygen atoms in total. The molecule has 0 amide bonds. The minimum absolute atomic E-state index is 0.0353. The van der Waals surface area contributed by atoms with Gasteiger partial charge in [0.25, 0.3) is 0 Å². The first-order chi connectivity index (χ1) is 9.62. The molecule has 1 atom stereocenters. The predicted molar refractivity (Wildman–Crippen MR) is 80.0 cm³/mol. The topological polar surface area (TPSA) is 48.5 Å². The number of alkyl halides is 1. The van der Waals surface area contributed by atoms with Crippen LogP contribution in [0.25, 0.3) is 0 Å². The Morgan fingerprint density at radius 3 is 2.50 bits per heavy atom. The Hall–Kier alpha value is -1.36. The summed E-state index contributed by atoms with van der Waals surface area (Å²) in [6.07, 6.45) is 4.31. The summed E-state index contributed by atoms with van der Waals surface area (Å²) in [6, 6.07) is 0. The zero-order valence-corrected chi connectivity index (χ0v) is 13.4. The van der Waals surface area contributed by atoms with Gasteiger partial charge in [-0.15, -0.1) is 11.6 Å². The lowest BCUT2D eigenvalue weighted by atomic mass is 10.0. The molecule has 110 valence electrons. The van der Waals surface area contributed by atoms with Gasteiger partial charge in [0.1, 0.15) is 18.7 Å². The van der Waals surface area contributed by atoms with Gasteiger partial charge in [0.15, 0.2) is 0 Å². The molecule has 2 heterocycles. The molecular formula is C14H22ClN5. The molecule has 2 aromatic rings.